The maximum Gasteiger partial charge on any atom is 0.376 e. The van der Waals surface area contributed by atoms with E-state index in [4.69, 9.17) is 5.26 Å². The smallest absolute Gasteiger partial charge is 0.287 e. The average molecular weight is 247 g/mol. The van der Waals surface area contributed by atoms with Crippen molar-refractivity contribution in [3.63, 3.8) is 0 Å². The van der Waals surface area contributed by atoms with Crippen molar-refractivity contribution < 1.29 is 26.7 Å². The van der Waals surface area contributed by atoms with Crippen LogP contribution in [0.15, 0.2) is 12.1 Å². The molecule has 2 nitrogen and oxygen atoms in total. The van der Waals surface area contributed by atoms with Gasteiger partial charge in [-0.2, -0.15) is 22.8 Å². The van der Waals surface area contributed by atoms with Crippen LogP contribution in [-0.2, 0) is 5.92 Å². The Hall–Kier alpha value is -1.97. The number of carbonyl (C=O) groups excluding carboxylic acids is 1. The second-order valence-electron chi connectivity index (χ2n) is 3.43. The van der Waals surface area contributed by atoms with E-state index in [1.54, 1.807) is 0 Å². The first kappa shape index (κ1) is 11.5. The van der Waals surface area contributed by atoms with E-state index in [1.807, 2.05) is 0 Å². The van der Waals surface area contributed by atoms with E-state index in [2.05, 4.69) is 0 Å². The summed E-state index contributed by atoms with van der Waals surface area (Å²) in [6, 6.07) is 1.99. The molecular weight excluding hydrogens is 245 g/mol. The van der Waals surface area contributed by atoms with Gasteiger partial charge in [-0.25, -0.2) is 4.39 Å². The summed E-state index contributed by atoms with van der Waals surface area (Å²) in [5.41, 5.74) is -3.63. The Kier molecular flexibility index (Phi) is 2.05. The number of nitrogens with zero attached hydrogens (tertiary/aromatic N) is 1. The molecule has 2 rings (SSSR count). The summed E-state index contributed by atoms with van der Waals surface area (Å²) in [7, 11) is 0. The molecule has 0 bridgehead atoms. The van der Waals surface area contributed by atoms with Crippen LogP contribution < -0.4 is 0 Å². The van der Waals surface area contributed by atoms with Crippen LogP contribution in [0.1, 0.15) is 21.5 Å². The molecule has 0 amide bonds. The largest absolute Gasteiger partial charge is 0.376 e. The van der Waals surface area contributed by atoms with Crippen LogP contribution in [0.4, 0.5) is 22.0 Å². The minimum absolute atomic E-state index is 0.393. The van der Waals surface area contributed by atoms with Crippen LogP contribution in [0.2, 0.25) is 0 Å². The maximum absolute atomic E-state index is 13.2. The molecule has 0 N–H and O–H groups in total. The maximum atomic E-state index is 13.2. The number of benzene rings is 1. The highest BCUT2D eigenvalue weighted by molar-refractivity contribution is 6.08. The van der Waals surface area contributed by atoms with Crippen molar-refractivity contribution in [1.82, 2.24) is 0 Å². The first-order valence-electron chi connectivity index (χ1n) is 4.28. The van der Waals surface area contributed by atoms with Crippen molar-refractivity contribution in [3.8, 4) is 6.07 Å². The number of hydrogen-bond donors (Lipinski definition) is 0. The minimum atomic E-state index is -4.95. The van der Waals surface area contributed by atoms with Gasteiger partial charge >= 0.3 is 11.8 Å². The van der Waals surface area contributed by atoms with Crippen LogP contribution in [0.3, 0.4) is 0 Å². The standard InChI is InChI=1S/C10H2F5NO/c11-6-2-1-5-7(4(6)3-16)8(17)10(14,15)9(5,12)13/h1-2H. The molecule has 0 radical (unpaired) electrons. The lowest BCUT2D eigenvalue weighted by Gasteiger charge is -2.16. The molecule has 1 aromatic carbocycles. The van der Waals surface area contributed by atoms with Gasteiger partial charge in [0, 0.05) is 5.56 Å². The summed E-state index contributed by atoms with van der Waals surface area (Å²) >= 11 is 0. The molecule has 88 valence electrons. The van der Waals surface area contributed by atoms with Crippen molar-refractivity contribution in [1.29, 1.82) is 5.26 Å². The van der Waals surface area contributed by atoms with Gasteiger partial charge in [-0.15, -0.1) is 0 Å². The number of fused-ring (bicyclic) bond motifs is 1. The Morgan fingerprint density at radius 3 is 2.24 bits per heavy atom. The van der Waals surface area contributed by atoms with Gasteiger partial charge in [-0.05, 0) is 12.1 Å². The second-order valence-corrected chi connectivity index (χ2v) is 3.43. The molecule has 1 aliphatic carbocycles. The molecule has 7 heteroatoms. The van der Waals surface area contributed by atoms with Gasteiger partial charge < -0.3 is 0 Å². The predicted molar refractivity (Wildman–Crippen MR) is 44.3 cm³/mol. The van der Waals surface area contributed by atoms with Crippen LogP contribution in [0, 0.1) is 17.1 Å². The normalized spacial score (nSPS) is 19.9. The molecule has 0 aromatic heterocycles. The summed E-state index contributed by atoms with van der Waals surface area (Å²) in [5, 5.41) is 8.51. The zero-order valence-electron chi connectivity index (χ0n) is 7.90. The van der Waals surface area contributed by atoms with Gasteiger partial charge in [-0.1, -0.05) is 0 Å². The molecule has 1 aliphatic rings. The zero-order valence-corrected chi connectivity index (χ0v) is 7.90. The number of Topliss-reactive ketones (excluding diaryl/α,β-unsaturated/α-hetero) is 1. The van der Waals surface area contributed by atoms with E-state index in [0.29, 0.717) is 12.1 Å². The average Bonchev–Trinajstić information content (AvgIpc) is 2.38. The fourth-order valence-electron chi connectivity index (χ4n) is 1.65. The first-order valence-corrected chi connectivity index (χ1v) is 4.28. The molecule has 1 aromatic rings. The van der Waals surface area contributed by atoms with Gasteiger partial charge in [0.25, 0.3) is 0 Å². The zero-order chi connectivity index (χ0) is 13.0. The minimum Gasteiger partial charge on any atom is -0.287 e. The third-order valence-electron chi connectivity index (χ3n) is 2.51. The molecule has 0 fully saturated rings. The van der Waals surface area contributed by atoms with Crippen molar-refractivity contribution in [3.05, 3.63) is 34.6 Å². The van der Waals surface area contributed by atoms with E-state index < -0.39 is 40.1 Å². The topological polar surface area (TPSA) is 40.9 Å². The van der Waals surface area contributed by atoms with Crippen LogP contribution in [-0.4, -0.2) is 11.7 Å². The first-order chi connectivity index (χ1) is 7.75. The summed E-state index contributed by atoms with van der Waals surface area (Å²) in [5.74, 6) is -13.2. The van der Waals surface area contributed by atoms with Gasteiger partial charge in [0.2, 0.25) is 5.78 Å². The fourth-order valence-corrected chi connectivity index (χ4v) is 1.65. The predicted octanol–water partition coefficient (Wildman–Crippen LogP) is 2.62. The Morgan fingerprint density at radius 1 is 1.12 bits per heavy atom. The molecule has 0 aliphatic heterocycles. The summed E-state index contributed by atoms with van der Waals surface area (Å²) < 4.78 is 65.5. The number of alkyl halides is 4. The summed E-state index contributed by atoms with van der Waals surface area (Å²) in [4.78, 5) is 11.1. The van der Waals surface area contributed by atoms with Crippen molar-refractivity contribution in [2.45, 2.75) is 11.8 Å². The lowest BCUT2D eigenvalue weighted by Crippen LogP contribution is -2.38. The molecule has 0 unspecified atom stereocenters. The third-order valence-corrected chi connectivity index (χ3v) is 2.51. The van der Waals surface area contributed by atoms with Crippen molar-refractivity contribution in [2.75, 3.05) is 0 Å². The molecule has 0 atom stereocenters. The molecule has 0 saturated carbocycles. The van der Waals surface area contributed by atoms with E-state index in [9.17, 15) is 26.7 Å². The van der Waals surface area contributed by atoms with E-state index in [-0.39, 0.29) is 0 Å². The van der Waals surface area contributed by atoms with E-state index in [0.717, 1.165) is 6.07 Å². The van der Waals surface area contributed by atoms with Crippen molar-refractivity contribution in [2.24, 2.45) is 0 Å². The monoisotopic (exact) mass is 247 g/mol. The van der Waals surface area contributed by atoms with Crippen LogP contribution in [0.25, 0.3) is 0 Å². The molecule has 0 heterocycles. The van der Waals surface area contributed by atoms with E-state index >= 15 is 0 Å². The lowest BCUT2D eigenvalue weighted by atomic mass is 10.0. The summed E-state index contributed by atoms with van der Waals surface area (Å²) in [6.07, 6.45) is 0. The van der Waals surface area contributed by atoms with Crippen LogP contribution >= 0.6 is 0 Å². The second kappa shape index (κ2) is 3.03. The van der Waals surface area contributed by atoms with Gasteiger partial charge in [0.05, 0.1) is 11.1 Å². The number of ketones is 1. The number of rotatable bonds is 0. The number of nitriles is 1. The lowest BCUT2D eigenvalue weighted by molar-refractivity contribution is -0.176. The Balaban J connectivity index is 2.88. The third kappa shape index (κ3) is 1.15. The highest BCUT2D eigenvalue weighted by Crippen LogP contribution is 2.52. The summed E-state index contributed by atoms with van der Waals surface area (Å²) in [6.45, 7) is 0. The SMILES string of the molecule is N#Cc1c(F)ccc2c1C(=O)C(F)(F)C2(F)F. The highest BCUT2D eigenvalue weighted by atomic mass is 19.3. The van der Waals surface area contributed by atoms with Gasteiger partial charge in [0.15, 0.2) is 0 Å². The molecule has 0 spiro atoms. The Bertz CT molecular complexity index is 573. The molecular formula is C10H2F5NO. The quantitative estimate of drug-likeness (QED) is 0.661. The fraction of sp³-hybridized carbons (Fsp3) is 0.200. The van der Waals surface area contributed by atoms with Crippen LogP contribution in [0.5, 0.6) is 0 Å². The Morgan fingerprint density at radius 2 is 1.71 bits per heavy atom. The van der Waals surface area contributed by atoms with Crippen molar-refractivity contribution >= 4 is 5.78 Å². The van der Waals surface area contributed by atoms with Gasteiger partial charge in [-0.3, -0.25) is 4.79 Å². The van der Waals surface area contributed by atoms with Gasteiger partial charge in [0.1, 0.15) is 11.9 Å². The number of hydrogen-bond acceptors (Lipinski definition) is 2. The number of halogens is 5. The molecule has 17 heavy (non-hydrogen) atoms. The Labute approximate surface area is 91.3 Å². The number of carbonyl (C=O) groups is 1. The molecule has 0 saturated heterocycles. The highest BCUT2D eigenvalue weighted by Gasteiger charge is 2.69. The van der Waals surface area contributed by atoms with E-state index in [1.165, 1.54) is 0 Å².